The van der Waals surface area contributed by atoms with Crippen molar-refractivity contribution in [1.29, 1.82) is 0 Å². The van der Waals surface area contributed by atoms with Crippen molar-refractivity contribution in [2.45, 2.75) is 0 Å². The molecule has 0 N–H and O–H groups in total. The third kappa shape index (κ3) is 5.56. The lowest BCUT2D eigenvalue weighted by Crippen LogP contribution is -1.97. The standard InChI is InChI=1S/C60H38N4/c1-3-15-41(16-4-1)57-49-35-36-50-58(42-17-5-2-6-18-42)52(40-29-33-44(34-30-40)64-55-25-13-9-21-47(55)48-22-10-14-26-56(48)64)38-62-60(50)59(49)61-37-51(57)39-27-31-43(32-28-39)63-53-23-11-7-19-45(53)46-20-8-12-24-54(46)63/h1-38H. The van der Waals surface area contributed by atoms with Gasteiger partial charge in [0.25, 0.3) is 0 Å². The van der Waals surface area contributed by atoms with E-state index in [1.165, 1.54) is 43.6 Å². The SMILES string of the molecule is c1ccc(-c2c(-c3ccc(-n4c5ccccc5c5ccccc54)cc3)cnc3c2ccc2c(-c4ccccc4)c(-c4ccc(-n5c6ccccc6c6ccccc65)cc4)cnc23)cc1. The molecule has 64 heavy (non-hydrogen) atoms. The van der Waals surface area contributed by atoms with Crippen molar-refractivity contribution >= 4 is 65.4 Å². The molecule has 4 nitrogen and oxygen atoms in total. The lowest BCUT2D eigenvalue weighted by molar-refractivity contribution is 1.18. The van der Waals surface area contributed by atoms with Crippen molar-refractivity contribution in [3.05, 3.63) is 231 Å². The lowest BCUT2D eigenvalue weighted by atomic mass is 9.89. The summed E-state index contributed by atoms with van der Waals surface area (Å²) in [4.78, 5) is 10.6. The predicted molar refractivity (Wildman–Crippen MR) is 267 cm³/mol. The molecular formula is C60H38N4. The molecule has 0 aliphatic rings. The van der Waals surface area contributed by atoms with Gasteiger partial charge < -0.3 is 9.13 Å². The second-order valence-corrected chi connectivity index (χ2v) is 16.5. The number of hydrogen-bond donors (Lipinski definition) is 0. The van der Waals surface area contributed by atoms with Crippen LogP contribution in [0.1, 0.15) is 0 Å². The van der Waals surface area contributed by atoms with Crippen LogP contribution in [0.5, 0.6) is 0 Å². The Hall–Kier alpha value is -8.60. The highest BCUT2D eigenvalue weighted by molar-refractivity contribution is 6.16. The summed E-state index contributed by atoms with van der Waals surface area (Å²) in [7, 11) is 0. The van der Waals surface area contributed by atoms with Crippen molar-refractivity contribution < 1.29 is 0 Å². The molecule has 0 aliphatic heterocycles. The fourth-order valence-corrected chi connectivity index (χ4v) is 10.2. The molecule has 4 aromatic heterocycles. The third-order valence-electron chi connectivity index (χ3n) is 13.0. The number of para-hydroxylation sites is 4. The van der Waals surface area contributed by atoms with Crippen LogP contribution in [0.2, 0.25) is 0 Å². The number of rotatable bonds is 6. The summed E-state index contributed by atoms with van der Waals surface area (Å²) in [5, 5.41) is 7.15. The Kier molecular flexibility index (Phi) is 8.18. The molecule has 0 unspecified atom stereocenters. The number of pyridine rings is 2. The van der Waals surface area contributed by atoms with Gasteiger partial charge in [-0.25, -0.2) is 0 Å². The molecule has 9 aromatic carbocycles. The van der Waals surface area contributed by atoms with Gasteiger partial charge in [-0.05, 0) is 70.8 Å². The molecule has 0 radical (unpaired) electrons. The summed E-state index contributed by atoms with van der Waals surface area (Å²) in [6.45, 7) is 0. The molecule has 0 aliphatic carbocycles. The van der Waals surface area contributed by atoms with Crippen LogP contribution in [-0.2, 0) is 0 Å². The van der Waals surface area contributed by atoms with Crippen LogP contribution in [0, 0.1) is 0 Å². The van der Waals surface area contributed by atoms with Crippen molar-refractivity contribution in [3.63, 3.8) is 0 Å². The normalized spacial score (nSPS) is 11.8. The Labute approximate surface area is 369 Å². The fourth-order valence-electron chi connectivity index (χ4n) is 10.2. The maximum atomic E-state index is 5.28. The van der Waals surface area contributed by atoms with Crippen molar-refractivity contribution in [3.8, 4) is 55.9 Å². The Morgan fingerprint density at radius 3 is 0.906 bits per heavy atom. The quantitative estimate of drug-likeness (QED) is 0.157. The Bertz CT molecular complexity index is 3550. The second kappa shape index (κ2) is 14.5. The molecule has 0 atom stereocenters. The number of aromatic nitrogens is 4. The highest BCUT2D eigenvalue weighted by Gasteiger charge is 2.20. The summed E-state index contributed by atoms with van der Waals surface area (Å²) in [5.41, 5.74) is 17.7. The van der Waals surface area contributed by atoms with E-state index in [0.29, 0.717) is 0 Å². The fraction of sp³-hybridized carbons (Fsp3) is 0. The van der Waals surface area contributed by atoms with E-state index in [2.05, 4.69) is 228 Å². The molecule has 4 heteroatoms. The van der Waals surface area contributed by atoms with E-state index >= 15 is 0 Å². The molecule has 0 spiro atoms. The monoisotopic (exact) mass is 814 g/mol. The molecule has 0 fully saturated rings. The minimum absolute atomic E-state index is 0.882. The molecule has 0 saturated carbocycles. The number of fused-ring (bicyclic) bond motifs is 9. The predicted octanol–water partition coefficient (Wildman–Crippen LogP) is 15.6. The summed E-state index contributed by atoms with van der Waals surface area (Å²) in [5.74, 6) is 0. The van der Waals surface area contributed by atoms with Crippen LogP contribution < -0.4 is 0 Å². The third-order valence-corrected chi connectivity index (χ3v) is 13.0. The van der Waals surface area contributed by atoms with Gasteiger partial charge in [0, 0.05) is 78.3 Å². The van der Waals surface area contributed by atoms with Gasteiger partial charge in [-0.15, -0.1) is 0 Å². The van der Waals surface area contributed by atoms with Crippen molar-refractivity contribution in [2.24, 2.45) is 0 Å². The maximum absolute atomic E-state index is 5.28. The van der Waals surface area contributed by atoms with Crippen LogP contribution in [0.25, 0.3) is 121 Å². The van der Waals surface area contributed by atoms with Crippen LogP contribution in [0.4, 0.5) is 0 Å². The first-order valence-electron chi connectivity index (χ1n) is 21.8. The molecule has 298 valence electrons. The van der Waals surface area contributed by atoms with Crippen LogP contribution in [-0.4, -0.2) is 19.1 Å². The van der Waals surface area contributed by atoms with Gasteiger partial charge in [0.15, 0.2) is 0 Å². The van der Waals surface area contributed by atoms with Gasteiger partial charge in [0.1, 0.15) is 0 Å². The van der Waals surface area contributed by atoms with E-state index in [0.717, 1.165) is 77.7 Å². The highest BCUT2D eigenvalue weighted by Crippen LogP contribution is 2.44. The van der Waals surface area contributed by atoms with E-state index in [1.807, 2.05) is 12.4 Å². The smallest absolute Gasteiger partial charge is 0.0971 e. The van der Waals surface area contributed by atoms with E-state index < -0.39 is 0 Å². The van der Waals surface area contributed by atoms with Gasteiger partial charge in [0.2, 0.25) is 0 Å². The van der Waals surface area contributed by atoms with Gasteiger partial charge >= 0.3 is 0 Å². The van der Waals surface area contributed by atoms with Crippen LogP contribution >= 0.6 is 0 Å². The average molecular weight is 815 g/mol. The summed E-state index contributed by atoms with van der Waals surface area (Å²) >= 11 is 0. The molecule has 0 bridgehead atoms. The minimum atomic E-state index is 0.882. The average Bonchev–Trinajstić information content (AvgIpc) is 3.89. The maximum Gasteiger partial charge on any atom is 0.0971 e. The van der Waals surface area contributed by atoms with E-state index in [9.17, 15) is 0 Å². The van der Waals surface area contributed by atoms with E-state index in [-0.39, 0.29) is 0 Å². The Morgan fingerprint density at radius 2 is 0.562 bits per heavy atom. The van der Waals surface area contributed by atoms with Crippen LogP contribution in [0.3, 0.4) is 0 Å². The van der Waals surface area contributed by atoms with Crippen molar-refractivity contribution in [2.75, 3.05) is 0 Å². The molecule has 13 rings (SSSR count). The van der Waals surface area contributed by atoms with Gasteiger partial charge in [0.05, 0.1) is 33.1 Å². The molecule has 0 amide bonds. The first kappa shape index (κ1) is 36.1. The Balaban J connectivity index is 0.963. The second-order valence-electron chi connectivity index (χ2n) is 16.5. The molecule has 0 saturated heterocycles. The number of hydrogen-bond acceptors (Lipinski definition) is 2. The lowest BCUT2D eigenvalue weighted by Gasteiger charge is -2.18. The van der Waals surface area contributed by atoms with Crippen LogP contribution in [0.15, 0.2) is 231 Å². The largest absolute Gasteiger partial charge is 0.309 e. The molecule has 4 heterocycles. The number of benzene rings is 9. The zero-order chi connectivity index (χ0) is 42.1. The summed E-state index contributed by atoms with van der Waals surface area (Å²) in [6.07, 6.45) is 4.09. The first-order chi connectivity index (χ1) is 31.8. The highest BCUT2D eigenvalue weighted by atomic mass is 15.0. The van der Waals surface area contributed by atoms with E-state index in [1.54, 1.807) is 0 Å². The zero-order valence-electron chi connectivity index (χ0n) is 34.7. The molecule has 13 aromatic rings. The van der Waals surface area contributed by atoms with Gasteiger partial charge in [-0.1, -0.05) is 170 Å². The van der Waals surface area contributed by atoms with Gasteiger partial charge in [-0.2, -0.15) is 0 Å². The first-order valence-corrected chi connectivity index (χ1v) is 21.8. The molecular weight excluding hydrogens is 777 g/mol. The number of nitrogens with zero attached hydrogens (tertiary/aromatic N) is 4. The minimum Gasteiger partial charge on any atom is -0.309 e. The summed E-state index contributed by atoms with van der Waals surface area (Å²) in [6, 6.07) is 78.4. The topological polar surface area (TPSA) is 35.6 Å². The van der Waals surface area contributed by atoms with Crippen molar-refractivity contribution in [1.82, 2.24) is 19.1 Å². The Morgan fingerprint density at radius 1 is 0.250 bits per heavy atom. The summed E-state index contributed by atoms with van der Waals surface area (Å²) < 4.78 is 4.73. The zero-order valence-corrected chi connectivity index (χ0v) is 34.7. The van der Waals surface area contributed by atoms with Gasteiger partial charge in [-0.3, -0.25) is 9.97 Å². The van der Waals surface area contributed by atoms with E-state index in [4.69, 9.17) is 9.97 Å².